The molecule has 23 heavy (non-hydrogen) atoms. The van der Waals surface area contributed by atoms with E-state index in [0.717, 1.165) is 18.7 Å². The molecule has 0 bridgehead atoms. The normalized spacial score (nSPS) is 15.3. The van der Waals surface area contributed by atoms with Gasteiger partial charge in [0.1, 0.15) is 11.6 Å². The quantitative estimate of drug-likeness (QED) is 0.913. The molecule has 0 unspecified atom stereocenters. The molecule has 1 aliphatic heterocycles. The van der Waals surface area contributed by atoms with Crippen LogP contribution < -0.4 is 10.6 Å². The third-order valence-electron chi connectivity index (χ3n) is 3.91. The minimum atomic E-state index is -0.424. The standard InChI is InChI=1S/C17H19FN4O/c18-14-5-1-2-6-15(14)21-17(23)22-11-8-13(9-12-22)20-16-7-3-4-10-19-16/h1-7,10,13H,8-9,11-12H2,(H,19,20)(H,21,23). The van der Waals surface area contributed by atoms with Crippen molar-refractivity contribution in [2.75, 3.05) is 23.7 Å². The maximum Gasteiger partial charge on any atom is 0.321 e. The Balaban J connectivity index is 1.50. The number of carbonyl (C=O) groups is 1. The number of para-hydroxylation sites is 1. The van der Waals surface area contributed by atoms with E-state index in [2.05, 4.69) is 15.6 Å². The van der Waals surface area contributed by atoms with Crippen LogP contribution in [-0.2, 0) is 0 Å². The number of pyridine rings is 1. The molecule has 2 amide bonds. The fourth-order valence-electron chi connectivity index (χ4n) is 2.64. The second-order valence-corrected chi connectivity index (χ2v) is 5.53. The largest absolute Gasteiger partial charge is 0.367 e. The molecule has 0 saturated carbocycles. The van der Waals surface area contributed by atoms with Crippen molar-refractivity contribution < 1.29 is 9.18 Å². The Hall–Kier alpha value is -2.63. The molecule has 5 nitrogen and oxygen atoms in total. The van der Waals surface area contributed by atoms with Gasteiger partial charge in [-0.15, -0.1) is 0 Å². The van der Waals surface area contributed by atoms with Crippen molar-refractivity contribution in [1.29, 1.82) is 0 Å². The van der Waals surface area contributed by atoms with Crippen LogP contribution in [0.3, 0.4) is 0 Å². The van der Waals surface area contributed by atoms with Crippen molar-refractivity contribution in [3.63, 3.8) is 0 Å². The lowest BCUT2D eigenvalue weighted by molar-refractivity contribution is 0.197. The van der Waals surface area contributed by atoms with Crippen LogP contribution in [0.4, 0.5) is 20.7 Å². The number of carbonyl (C=O) groups excluding carboxylic acids is 1. The van der Waals surface area contributed by atoms with Gasteiger partial charge in [-0.25, -0.2) is 14.2 Å². The Labute approximate surface area is 134 Å². The maximum atomic E-state index is 13.6. The van der Waals surface area contributed by atoms with Gasteiger partial charge in [0.25, 0.3) is 0 Å². The number of urea groups is 1. The molecule has 0 spiro atoms. The van der Waals surface area contributed by atoms with Crippen molar-refractivity contribution in [1.82, 2.24) is 9.88 Å². The smallest absolute Gasteiger partial charge is 0.321 e. The minimum Gasteiger partial charge on any atom is -0.367 e. The number of aromatic nitrogens is 1. The van der Waals surface area contributed by atoms with Crippen LogP contribution in [0.1, 0.15) is 12.8 Å². The van der Waals surface area contributed by atoms with Crippen molar-refractivity contribution in [2.24, 2.45) is 0 Å². The van der Waals surface area contributed by atoms with Crippen LogP contribution in [0.15, 0.2) is 48.7 Å². The van der Waals surface area contributed by atoms with Crippen LogP contribution in [0, 0.1) is 5.82 Å². The monoisotopic (exact) mass is 314 g/mol. The summed E-state index contributed by atoms with van der Waals surface area (Å²) in [6.07, 6.45) is 3.42. The predicted molar refractivity (Wildman–Crippen MR) is 87.9 cm³/mol. The first kappa shape index (κ1) is 15.3. The van der Waals surface area contributed by atoms with E-state index in [1.165, 1.54) is 6.07 Å². The summed E-state index contributed by atoms with van der Waals surface area (Å²) in [7, 11) is 0. The number of hydrogen-bond acceptors (Lipinski definition) is 3. The number of anilines is 2. The summed E-state index contributed by atoms with van der Waals surface area (Å²) in [5.74, 6) is 0.425. The van der Waals surface area contributed by atoms with Crippen molar-refractivity contribution in [3.05, 3.63) is 54.5 Å². The van der Waals surface area contributed by atoms with Gasteiger partial charge in [0, 0.05) is 25.3 Å². The van der Waals surface area contributed by atoms with Gasteiger partial charge in [0.2, 0.25) is 0 Å². The average Bonchev–Trinajstić information content (AvgIpc) is 2.58. The fourth-order valence-corrected chi connectivity index (χ4v) is 2.64. The van der Waals surface area contributed by atoms with Gasteiger partial charge in [0.05, 0.1) is 5.69 Å². The van der Waals surface area contributed by atoms with E-state index >= 15 is 0 Å². The van der Waals surface area contributed by atoms with Gasteiger partial charge in [-0.1, -0.05) is 18.2 Å². The molecular weight excluding hydrogens is 295 g/mol. The van der Waals surface area contributed by atoms with Crippen LogP contribution >= 0.6 is 0 Å². The maximum absolute atomic E-state index is 13.6. The van der Waals surface area contributed by atoms with Crippen LogP contribution in [0.5, 0.6) is 0 Å². The SMILES string of the molecule is O=C(Nc1ccccc1F)N1CCC(Nc2ccccn2)CC1. The highest BCUT2D eigenvalue weighted by Crippen LogP contribution is 2.17. The second-order valence-electron chi connectivity index (χ2n) is 5.53. The first-order chi connectivity index (χ1) is 11.2. The van der Waals surface area contributed by atoms with E-state index < -0.39 is 5.82 Å². The molecule has 1 aromatic carbocycles. The highest BCUT2D eigenvalue weighted by molar-refractivity contribution is 5.89. The zero-order chi connectivity index (χ0) is 16.1. The topological polar surface area (TPSA) is 57.3 Å². The Morgan fingerprint density at radius 2 is 1.87 bits per heavy atom. The number of nitrogens with zero attached hydrogens (tertiary/aromatic N) is 2. The number of piperidine rings is 1. The molecule has 1 aliphatic rings. The molecule has 6 heteroatoms. The van der Waals surface area contributed by atoms with E-state index in [9.17, 15) is 9.18 Å². The van der Waals surface area contributed by atoms with E-state index in [1.807, 2.05) is 18.2 Å². The van der Waals surface area contributed by atoms with Crippen LogP contribution in [-0.4, -0.2) is 35.0 Å². The first-order valence-electron chi connectivity index (χ1n) is 7.70. The van der Waals surface area contributed by atoms with Gasteiger partial charge < -0.3 is 15.5 Å². The Morgan fingerprint density at radius 3 is 2.57 bits per heavy atom. The summed E-state index contributed by atoms with van der Waals surface area (Å²) >= 11 is 0. The number of hydrogen-bond donors (Lipinski definition) is 2. The molecule has 0 aliphatic carbocycles. The van der Waals surface area contributed by atoms with Gasteiger partial charge in [0.15, 0.2) is 0 Å². The van der Waals surface area contributed by atoms with Crippen LogP contribution in [0.2, 0.25) is 0 Å². The zero-order valence-electron chi connectivity index (χ0n) is 12.7. The summed E-state index contributed by atoms with van der Waals surface area (Å²) in [5.41, 5.74) is 0.214. The Kier molecular flexibility index (Phi) is 4.71. The Bertz CT molecular complexity index is 657. The van der Waals surface area contributed by atoms with Crippen molar-refractivity contribution in [3.8, 4) is 0 Å². The van der Waals surface area contributed by atoms with E-state index in [4.69, 9.17) is 0 Å². The zero-order valence-corrected chi connectivity index (χ0v) is 12.7. The summed E-state index contributed by atoms with van der Waals surface area (Å²) in [6, 6.07) is 12.0. The lowest BCUT2D eigenvalue weighted by Gasteiger charge is -2.32. The molecule has 3 rings (SSSR count). The van der Waals surface area contributed by atoms with Gasteiger partial charge in [-0.2, -0.15) is 0 Å². The molecule has 1 saturated heterocycles. The number of halogens is 1. The number of amides is 2. The minimum absolute atomic E-state index is 0.214. The fraction of sp³-hybridized carbons (Fsp3) is 0.294. The Morgan fingerprint density at radius 1 is 1.13 bits per heavy atom. The van der Waals surface area contributed by atoms with E-state index in [0.29, 0.717) is 19.1 Å². The van der Waals surface area contributed by atoms with Gasteiger partial charge in [-0.05, 0) is 37.1 Å². The average molecular weight is 314 g/mol. The molecule has 0 atom stereocenters. The molecule has 2 N–H and O–H groups in total. The third kappa shape index (κ3) is 3.97. The lowest BCUT2D eigenvalue weighted by atomic mass is 10.1. The highest BCUT2D eigenvalue weighted by atomic mass is 19.1. The summed E-state index contributed by atoms with van der Waals surface area (Å²) in [6.45, 7) is 1.26. The number of rotatable bonds is 3. The van der Waals surface area contributed by atoms with E-state index in [-0.39, 0.29) is 11.7 Å². The molecule has 2 aromatic rings. The molecule has 1 fully saturated rings. The van der Waals surface area contributed by atoms with Crippen molar-refractivity contribution >= 4 is 17.5 Å². The summed E-state index contributed by atoms with van der Waals surface area (Å²) in [5, 5.41) is 5.99. The summed E-state index contributed by atoms with van der Waals surface area (Å²) in [4.78, 5) is 18.2. The predicted octanol–water partition coefficient (Wildman–Crippen LogP) is 3.33. The molecular formula is C17H19FN4O. The highest BCUT2D eigenvalue weighted by Gasteiger charge is 2.23. The van der Waals surface area contributed by atoms with Crippen LogP contribution in [0.25, 0.3) is 0 Å². The van der Waals surface area contributed by atoms with E-state index in [1.54, 1.807) is 29.3 Å². The van der Waals surface area contributed by atoms with Gasteiger partial charge in [-0.3, -0.25) is 0 Å². The summed E-state index contributed by atoms with van der Waals surface area (Å²) < 4.78 is 13.6. The first-order valence-corrected chi connectivity index (χ1v) is 7.70. The lowest BCUT2D eigenvalue weighted by Crippen LogP contribution is -2.44. The number of benzene rings is 1. The molecule has 2 heterocycles. The third-order valence-corrected chi connectivity index (χ3v) is 3.91. The van der Waals surface area contributed by atoms with Crippen molar-refractivity contribution in [2.45, 2.75) is 18.9 Å². The number of likely N-dealkylation sites (tertiary alicyclic amines) is 1. The molecule has 0 radical (unpaired) electrons. The number of nitrogens with one attached hydrogen (secondary N) is 2. The van der Waals surface area contributed by atoms with Gasteiger partial charge >= 0.3 is 6.03 Å². The second kappa shape index (κ2) is 7.09. The molecule has 1 aromatic heterocycles. The molecule has 120 valence electrons.